The van der Waals surface area contributed by atoms with Crippen LogP contribution in [0.25, 0.3) is 0 Å². The van der Waals surface area contributed by atoms with Crippen LogP contribution in [0.4, 0.5) is 0 Å². The minimum Gasteiger partial charge on any atom is -0.385 e. The summed E-state index contributed by atoms with van der Waals surface area (Å²) >= 11 is 0. The van der Waals surface area contributed by atoms with E-state index in [1.54, 1.807) is 25.3 Å². The molecule has 1 unspecified atom stereocenters. The quantitative estimate of drug-likeness (QED) is 0.574. The van der Waals surface area contributed by atoms with Crippen LogP contribution in [0.2, 0.25) is 0 Å². The molecule has 0 saturated carbocycles. The maximum atomic E-state index is 10.1. The molecule has 1 atom stereocenters. The van der Waals surface area contributed by atoms with E-state index in [0.29, 0.717) is 6.42 Å². The Hall–Kier alpha value is -1.19. The van der Waals surface area contributed by atoms with E-state index in [2.05, 4.69) is 17.9 Å². The van der Waals surface area contributed by atoms with Crippen LogP contribution in [0.5, 0.6) is 0 Å². The van der Waals surface area contributed by atoms with Gasteiger partial charge in [0.15, 0.2) is 0 Å². The van der Waals surface area contributed by atoms with E-state index in [9.17, 15) is 4.79 Å². The van der Waals surface area contributed by atoms with Crippen LogP contribution in [0.15, 0.2) is 37.0 Å². The first-order valence-electron chi connectivity index (χ1n) is 5.80. The second-order valence-corrected chi connectivity index (χ2v) is 2.76. The van der Waals surface area contributed by atoms with Gasteiger partial charge in [0.05, 0.1) is 6.04 Å². The molecule has 0 aliphatic heterocycles. The van der Waals surface area contributed by atoms with Crippen molar-refractivity contribution in [3.8, 4) is 0 Å². The van der Waals surface area contributed by atoms with Crippen LogP contribution in [-0.2, 0) is 9.53 Å². The molecule has 0 aromatic rings. The van der Waals surface area contributed by atoms with Crippen LogP contribution >= 0.6 is 0 Å². The van der Waals surface area contributed by atoms with Gasteiger partial charge in [-0.3, -0.25) is 0 Å². The predicted octanol–water partition coefficient (Wildman–Crippen LogP) is 2.88. The zero-order valence-electron chi connectivity index (χ0n) is 11.6. The van der Waals surface area contributed by atoms with Gasteiger partial charge in [-0.25, -0.2) is 0 Å². The van der Waals surface area contributed by atoms with E-state index in [1.165, 1.54) is 0 Å². The van der Waals surface area contributed by atoms with Crippen molar-refractivity contribution in [1.29, 1.82) is 0 Å². The molecule has 3 heteroatoms. The number of carbonyl (C=O) groups excluding carboxylic acids is 1. The minimum absolute atomic E-state index is 0.431. The summed E-state index contributed by atoms with van der Waals surface area (Å²) in [7, 11) is 1.68. The molecule has 0 amide bonds. The largest absolute Gasteiger partial charge is 0.385 e. The fourth-order valence-corrected chi connectivity index (χ4v) is 0.691. The van der Waals surface area contributed by atoms with Crippen LogP contribution in [-0.4, -0.2) is 26.0 Å². The molecule has 2 N–H and O–H groups in total. The van der Waals surface area contributed by atoms with Crippen molar-refractivity contribution >= 4 is 6.29 Å². The maximum absolute atomic E-state index is 10.1. The van der Waals surface area contributed by atoms with Gasteiger partial charge in [0.2, 0.25) is 0 Å². The van der Waals surface area contributed by atoms with E-state index >= 15 is 0 Å². The zero-order valence-corrected chi connectivity index (χ0v) is 11.6. The van der Waals surface area contributed by atoms with Crippen LogP contribution in [0.3, 0.4) is 0 Å². The molecule has 0 aliphatic rings. The number of hydrogen-bond acceptors (Lipinski definition) is 3. The van der Waals surface area contributed by atoms with Crippen molar-refractivity contribution < 1.29 is 9.53 Å². The zero-order chi connectivity index (χ0) is 14.1. The molecule has 0 radical (unpaired) electrons. The molecular weight excluding hydrogens is 214 g/mol. The summed E-state index contributed by atoms with van der Waals surface area (Å²) < 4.78 is 4.54. The molecule has 0 aromatic carbocycles. The van der Waals surface area contributed by atoms with Crippen LogP contribution in [0, 0.1) is 0 Å². The highest BCUT2D eigenvalue weighted by Crippen LogP contribution is 2.03. The lowest BCUT2D eigenvalue weighted by molar-refractivity contribution is -0.108. The van der Waals surface area contributed by atoms with Gasteiger partial charge >= 0.3 is 0 Å². The highest BCUT2D eigenvalue weighted by Gasteiger charge is 2.00. The number of methoxy groups -OCH3 is 1. The normalized spacial score (nSPS) is 11.0. The summed E-state index contributed by atoms with van der Waals surface area (Å²) in [5.41, 5.74) is 6.32. The Morgan fingerprint density at radius 3 is 2.12 bits per heavy atom. The van der Waals surface area contributed by atoms with Crippen LogP contribution in [0.1, 0.15) is 27.2 Å². The van der Waals surface area contributed by atoms with E-state index < -0.39 is 6.04 Å². The average molecular weight is 241 g/mol. The third-order valence-electron chi connectivity index (χ3n) is 1.53. The third-order valence-corrected chi connectivity index (χ3v) is 1.53. The molecule has 0 saturated heterocycles. The molecule has 3 nitrogen and oxygen atoms in total. The second-order valence-electron chi connectivity index (χ2n) is 2.76. The van der Waals surface area contributed by atoms with Crippen molar-refractivity contribution in [1.82, 2.24) is 0 Å². The van der Waals surface area contributed by atoms with E-state index in [-0.39, 0.29) is 0 Å². The fraction of sp³-hybridized carbons (Fsp3) is 0.500. The summed E-state index contributed by atoms with van der Waals surface area (Å²) in [6.07, 6.45) is 6.36. The summed E-state index contributed by atoms with van der Waals surface area (Å²) in [4.78, 5) is 10.1. The Kier molecular flexibility index (Phi) is 25.2. The summed E-state index contributed by atoms with van der Waals surface area (Å²) in [5, 5.41) is 0. The van der Waals surface area contributed by atoms with E-state index in [1.807, 2.05) is 20.8 Å². The molecule has 0 fully saturated rings. The van der Waals surface area contributed by atoms with Gasteiger partial charge in [0.1, 0.15) is 6.29 Å². The highest BCUT2D eigenvalue weighted by atomic mass is 16.5. The molecule has 0 aromatic heterocycles. The first kappa shape index (κ1) is 21.1. The molecule has 0 aliphatic carbocycles. The molecule has 0 heterocycles. The standard InChI is InChI=1S/C9H13NO.C3H8O.C2H6/c1-3-5-8(4-2)6-9(10)7-11;1-3-4-2;1-2/h3-5,7,9H,1-2,6,10H2;3H2,1-2H3;1-2H3/b8-5+;;. The van der Waals surface area contributed by atoms with Gasteiger partial charge in [-0.2, -0.15) is 0 Å². The fourth-order valence-electron chi connectivity index (χ4n) is 0.691. The number of rotatable bonds is 6. The maximum Gasteiger partial charge on any atom is 0.137 e. The molecule has 0 rings (SSSR count). The Labute approximate surface area is 106 Å². The van der Waals surface area contributed by atoms with Crippen molar-refractivity contribution in [3.05, 3.63) is 37.0 Å². The Bertz CT molecular complexity index is 208. The first-order valence-corrected chi connectivity index (χ1v) is 5.80. The van der Waals surface area contributed by atoms with Gasteiger partial charge in [-0.05, 0) is 18.9 Å². The molecule has 0 bridgehead atoms. The molecular formula is C14H27NO2. The van der Waals surface area contributed by atoms with E-state index in [4.69, 9.17) is 5.73 Å². The SMILES string of the molecule is C=C/C=C(\C=C)CC(N)C=O.CC.CCOC. The topological polar surface area (TPSA) is 52.3 Å². The minimum atomic E-state index is -0.431. The average Bonchev–Trinajstić information content (AvgIpc) is 2.40. The lowest BCUT2D eigenvalue weighted by atomic mass is 10.1. The van der Waals surface area contributed by atoms with E-state index in [0.717, 1.165) is 18.5 Å². The van der Waals surface area contributed by atoms with Gasteiger partial charge in [-0.15, -0.1) is 0 Å². The van der Waals surface area contributed by atoms with Gasteiger partial charge in [0, 0.05) is 13.7 Å². The Morgan fingerprint density at radius 1 is 1.41 bits per heavy atom. The number of nitrogens with two attached hydrogens (primary N) is 1. The van der Waals surface area contributed by atoms with Crippen molar-refractivity contribution in [2.45, 2.75) is 33.2 Å². The molecule has 17 heavy (non-hydrogen) atoms. The van der Waals surface area contributed by atoms with Crippen molar-refractivity contribution in [3.63, 3.8) is 0 Å². The lowest BCUT2D eigenvalue weighted by Gasteiger charge is -2.02. The predicted molar refractivity (Wildman–Crippen MR) is 76.0 cm³/mol. The smallest absolute Gasteiger partial charge is 0.137 e. The Morgan fingerprint density at radius 2 is 1.88 bits per heavy atom. The lowest BCUT2D eigenvalue weighted by Crippen LogP contribution is -2.21. The summed E-state index contributed by atoms with van der Waals surface area (Å²) in [5.74, 6) is 0. The number of ether oxygens (including phenoxy) is 1. The highest BCUT2D eigenvalue weighted by molar-refractivity contribution is 5.58. The monoisotopic (exact) mass is 241 g/mol. The summed E-state index contributed by atoms with van der Waals surface area (Å²) in [6.45, 7) is 13.9. The molecule has 0 spiro atoms. The first-order chi connectivity index (χ1) is 8.15. The van der Waals surface area contributed by atoms with Crippen molar-refractivity contribution in [2.24, 2.45) is 5.73 Å². The molecule has 100 valence electrons. The summed E-state index contributed by atoms with van der Waals surface area (Å²) in [6, 6.07) is -0.431. The third kappa shape index (κ3) is 20.8. The second kappa shape index (κ2) is 20.3. The van der Waals surface area contributed by atoms with Gasteiger partial charge < -0.3 is 15.3 Å². The number of allylic oxidation sites excluding steroid dienone is 3. The Balaban J connectivity index is -0.000000275. The number of hydrogen-bond donors (Lipinski definition) is 1. The number of aldehydes is 1. The van der Waals surface area contributed by atoms with Crippen LogP contribution < -0.4 is 5.73 Å². The number of carbonyl (C=O) groups is 1. The van der Waals surface area contributed by atoms with Gasteiger partial charge in [0.25, 0.3) is 0 Å². The van der Waals surface area contributed by atoms with Gasteiger partial charge in [-0.1, -0.05) is 45.2 Å². The van der Waals surface area contributed by atoms with Crippen molar-refractivity contribution in [2.75, 3.05) is 13.7 Å².